The second-order valence-corrected chi connectivity index (χ2v) is 9.51. The molecule has 6 nitrogen and oxygen atoms in total. The zero-order valence-corrected chi connectivity index (χ0v) is 17.7. The molecule has 0 aliphatic carbocycles. The van der Waals surface area contributed by atoms with Crippen molar-refractivity contribution < 1.29 is 13.5 Å². The summed E-state index contributed by atoms with van der Waals surface area (Å²) < 4.78 is 27.4. The molecule has 1 N–H and O–H groups in total. The van der Waals surface area contributed by atoms with Gasteiger partial charge in [0.15, 0.2) is 0 Å². The normalized spacial score (nSPS) is 15.9. The number of phenols is 1. The van der Waals surface area contributed by atoms with Gasteiger partial charge in [-0.3, -0.25) is 4.90 Å². The summed E-state index contributed by atoms with van der Waals surface area (Å²) in [5.74, 6) is 0.202. The summed E-state index contributed by atoms with van der Waals surface area (Å²) in [5, 5.41) is 22.0. The van der Waals surface area contributed by atoms with Crippen molar-refractivity contribution in [1.82, 2.24) is 9.21 Å². The quantitative estimate of drug-likeness (QED) is 0.669. The van der Waals surface area contributed by atoms with Crippen molar-refractivity contribution in [2.45, 2.75) is 11.4 Å². The predicted octanol–water partition coefficient (Wildman–Crippen LogP) is 3.58. The highest BCUT2D eigenvalue weighted by atomic mass is 35.5. The summed E-state index contributed by atoms with van der Waals surface area (Å²) in [7, 11) is -3.73. The zero-order valence-electron chi connectivity index (χ0n) is 16.1. The molecular weight excluding hydrogens is 422 g/mol. The first kappa shape index (κ1) is 20.6. The Bertz CT molecular complexity index is 1250. The smallest absolute Gasteiger partial charge is 0.244 e. The Labute approximate surface area is 180 Å². The van der Waals surface area contributed by atoms with Crippen LogP contribution >= 0.6 is 11.6 Å². The Morgan fingerprint density at radius 3 is 2.33 bits per heavy atom. The van der Waals surface area contributed by atoms with Crippen molar-refractivity contribution in [3.8, 4) is 11.8 Å². The molecule has 0 aromatic heterocycles. The molecule has 0 radical (unpaired) electrons. The lowest BCUT2D eigenvalue weighted by Crippen LogP contribution is -2.48. The number of halogens is 1. The van der Waals surface area contributed by atoms with Crippen LogP contribution in [0.25, 0.3) is 10.8 Å². The standard InChI is InChI=1S/C22H20ClN3O3S/c23-20-13-17(22(27)19-7-3-2-6-18(19)20)15-25-9-11-26(12-10-25)30(28,29)21-8-4-1-5-16(21)14-24/h1-8,13,27H,9-12,15H2. The van der Waals surface area contributed by atoms with Crippen LogP contribution in [0.5, 0.6) is 5.75 Å². The number of nitrogens with zero attached hydrogens (tertiary/aromatic N) is 3. The van der Waals surface area contributed by atoms with Crippen molar-refractivity contribution in [1.29, 1.82) is 5.26 Å². The summed E-state index contributed by atoms with van der Waals surface area (Å²) >= 11 is 6.39. The number of rotatable bonds is 4. The first-order valence-corrected chi connectivity index (χ1v) is 11.3. The molecule has 3 aromatic rings. The molecule has 30 heavy (non-hydrogen) atoms. The third-order valence-electron chi connectivity index (χ3n) is 5.40. The Hall–Kier alpha value is -2.63. The van der Waals surface area contributed by atoms with Crippen LogP contribution in [0.4, 0.5) is 0 Å². The highest BCUT2D eigenvalue weighted by molar-refractivity contribution is 7.89. The molecule has 154 valence electrons. The molecule has 3 aromatic carbocycles. The van der Waals surface area contributed by atoms with E-state index < -0.39 is 10.0 Å². The average Bonchev–Trinajstić information content (AvgIpc) is 2.77. The van der Waals surface area contributed by atoms with Gasteiger partial charge in [-0.2, -0.15) is 9.57 Å². The Kier molecular flexibility index (Phi) is 5.67. The minimum atomic E-state index is -3.73. The molecule has 1 aliphatic heterocycles. The molecule has 8 heteroatoms. The minimum Gasteiger partial charge on any atom is -0.507 e. The third-order valence-corrected chi connectivity index (χ3v) is 7.66. The minimum absolute atomic E-state index is 0.0416. The van der Waals surface area contributed by atoms with Crippen LogP contribution in [0.3, 0.4) is 0 Å². The zero-order chi connectivity index (χ0) is 21.3. The summed E-state index contributed by atoms with van der Waals surface area (Å²) in [6.45, 7) is 2.11. The third kappa shape index (κ3) is 3.75. The van der Waals surface area contributed by atoms with Gasteiger partial charge in [-0.05, 0) is 18.2 Å². The average molecular weight is 442 g/mol. The number of sulfonamides is 1. The Morgan fingerprint density at radius 2 is 1.63 bits per heavy atom. The molecule has 0 spiro atoms. The largest absolute Gasteiger partial charge is 0.507 e. The maximum Gasteiger partial charge on any atom is 0.244 e. The SMILES string of the molecule is N#Cc1ccccc1S(=O)(=O)N1CCN(Cc2cc(Cl)c3ccccc3c2O)CC1. The molecular formula is C22H20ClN3O3S. The van der Waals surface area contributed by atoms with E-state index in [1.807, 2.05) is 30.3 Å². The topological polar surface area (TPSA) is 84.6 Å². The lowest BCUT2D eigenvalue weighted by molar-refractivity contribution is 0.180. The van der Waals surface area contributed by atoms with E-state index in [0.717, 1.165) is 5.39 Å². The van der Waals surface area contributed by atoms with Crippen LogP contribution in [0.15, 0.2) is 59.5 Å². The fourth-order valence-electron chi connectivity index (χ4n) is 3.78. The van der Waals surface area contributed by atoms with Crippen molar-refractivity contribution in [3.05, 3.63) is 70.7 Å². The number of aromatic hydroxyl groups is 1. The van der Waals surface area contributed by atoms with E-state index in [1.165, 1.54) is 16.4 Å². The van der Waals surface area contributed by atoms with E-state index in [2.05, 4.69) is 4.90 Å². The highest BCUT2D eigenvalue weighted by Gasteiger charge is 2.30. The number of benzene rings is 3. The first-order valence-electron chi connectivity index (χ1n) is 9.52. The molecule has 0 bridgehead atoms. The van der Waals surface area contributed by atoms with Gasteiger partial charge in [-0.1, -0.05) is 48.0 Å². The van der Waals surface area contributed by atoms with Crippen molar-refractivity contribution >= 4 is 32.4 Å². The Balaban J connectivity index is 1.50. The van der Waals surface area contributed by atoms with Gasteiger partial charge in [0.05, 0.1) is 10.5 Å². The van der Waals surface area contributed by atoms with E-state index in [1.54, 1.807) is 18.2 Å². The van der Waals surface area contributed by atoms with Gasteiger partial charge in [-0.25, -0.2) is 8.42 Å². The predicted molar refractivity (Wildman–Crippen MR) is 116 cm³/mol. The summed E-state index contributed by atoms with van der Waals surface area (Å²) in [6, 6.07) is 17.4. The maximum absolute atomic E-state index is 13.0. The molecule has 1 fully saturated rings. The van der Waals surface area contributed by atoms with E-state index >= 15 is 0 Å². The Morgan fingerprint density at radius 1 is 1.00 bits per heavy atom. The molecule has 0 unspecified atom stereocenters. The van der Waals surface area contributed by atoms with Crippen LogP contribution in [-0.2, 0) is 16.6 Å². The second kappa shape index (κ2) is 8.25. The van der Waals surface area contributed by atoms with Crippen LogP contribution in [0, 0.1) is 11.3 Å². The molecule has 0 amide bonds. The number of nitriles is 1. The highest BCUT2D eigenvalue weighted by Crippen LogP contribution is 2.35. The first-order chi connectivity index (χ1) is 14.4. The summed E-state index contributed by atoms with van der Waals surface area (Å²) in [4.78, 5) is 2.13. The summed E-state index contributed by atoms with van der Waals surface area (Å²) in [5.41, 5.74) is 0.862. The molecule has 4 rings (SSSR count). The van der Waals surface area contributed by atoms with Crippen molar-refractivity contribution in [2.24, 2.45) is 0 Å². The maximum atomic E-state index is 13.0. The molecule has 1 saturated heterocycles. The van der Waals surface area contributed by atoms with E-state index in [-0.39, 0.29) is 16.2 Å². The van der Waals surface area contributed by atoms with Crippen molar-refractivity contribution in [2.75, 3.05) is 26.2 Å². The monoisotopic (exact) mass is 441 g/mol. The van der Waals surface area contributed by atoms with Gasteiger partial charge < -0.3 is 5.11 Å². The molecule has 1 aliphatic rings. The van der Waals surface area contributed by atoms with Gasteiger partial charge in [0.2, 0.25) is 10.0 Å². The number of hydrogen-bond donors (Lipinski definition) is 1. The fraction of sp³-hybridized carbons (Fsp3) is 0.227. The van der Waals surface area contributed by atoms with E-state index in [4.69, 9.17) is 11.6 Å². The van der Waals surface area contributed by atoms with E-state index in [9.17, 15) is 18.8 Å². The number of hydrogen-bond acceptors (Lipinski definition) is 5. The van der Waals surface area contributed by atoms with Crippen LogP contribution < -0.4 is 0 Å². The number of piperazine rings is 1. The lowest BCUT2D eigenvalue weighted by Gasteiger charge is -2.34. The van der Waals surface area contributed by atoms with Crippen LogP contribution in [0.2, 0.25) is 5.02 Å². The van der Waals surface area contributed by atoms with Gasteiger partial charge >= 0.3 is 0 Å². The van der Waals surface area contributed by atoms with Crippen molar-refractivity contribution in [3.63, 3.8) is 0 Å². The molecule has 0 atom stereocenters. The molecule has 0 saturated carbocycles. The number of phenolic OH excluding ortho intramolecular Hbond substituents is 1. The van der Waals surface area contributed by atoms with Gasteiger partial charge in [0.25, 0.3) is 0 Å². The van der Waals surface area contributed by atoms with E-state index in [0.29, 0.717) is 48.7 Å². The van der Waals surface area contributed by atoms with Gasteiger partial charge in [-0.15, -0.1) is 0 Å². The lowest BCUT2D eigenvalue weighted by atomic mass is 10.0. The second-order valence-electron chi connectivity index (χ2n) is 7.20. The fourth-order valence-corrected chi connectivity index (χ4v) is 5.64. The number of fused-ring (bicyclic) bond motifs is 1. The molecule has 1 heterocycles. The van der Waals surface area contributed by atoms with Gasteiger partial charge in [0, 0.05) is 54.1 Å². The van der Waals surface area contributed by atoms with Crippen LogP contribution in [0.1, 0.15) is 11.1 Å². The van der Waals surface area contributed by atoms with Crippen LogP contribution in [-0.4, -0.2) is 48.9 Å². The summed E-state index contributed by atoms with van der Waals surface area (Å²) in [6.07, 6.45) is 0. The van der Waals surface area contributed by atoms with Gasteiger partial charge in [0.1, 0.15) is 11.8 Å².